The van der Waals surface area contributed by atoms with Crippen LogP contribution in [-0.4, -0.2) is 15.0 Å². The van der Waals surface area contributed by atoms with Crippen LogP contribution in [0.4, 0.5) is 0 Å². The highest BCUT2D eigenvalue weighted by atomic mass is 31.2. The van der Waals surface area contributed by atoms with Gasteiger partial charge in [-0.15, -0.1) is 0 Å². The van der Waals surface area contributed by atoms with Crippen molar-refractivity contribution in [2.45, 2.75) is 0 Å². The van der Waals surface area contributed by atoms with Crippen LogP contribution in [0.25, 0.3) is 56.4 Å². The molecule has 0 unspecified atom stereocenters. The van der Waals surface area contributed by atoms with Gasteiger partial charge in [0.25, 0.3) is 0 Å². The lowest BCUT2D eigenvalue weighted by molar-refractivity contribution is 0.592. The lowest BCUT2D eigenvalue weighted by Crippen LogP contribution is -2.24. The summed E-state index contributed by atoms with van der Waals surface area (Å²) in [6.45, 7) is 0. The smallest absolute Gasteiger partial charge is 0.171 e. The minimum atomic E-state index is -3.06. The van der Waals surface area contributed by atoms with Crippen molar-refractivity contribution in [3.8, 4) is 56.4 Å². The fraction of sp³-hybridized carbons (Fsp3) is 0. The van der Waals surface area contributed by atoms with Gasteiger partial charge in [0.1, 0.15) is 0 Å². The molecule has 0 spiro atoms. The number of benzene rings is 7. The van der Waals surface area contributed by atoms with E-state index in [1.807, 2.05) is 133 Å². The Bertz CT molecular complexity index is 2370. The normalized spacial score (nSPS) is 11.3. The van der Waals surface area contributed by atoms with Gasteiger partial charge >= 0.3 is 0 Å². The first kappa shape index (κ1) is 31.1. The maximum Gasteiger partial charge on any atom is 0.171 e. The molecule has 0 atom stereocenters. The fourth-order valence-electron chi connectivity index (χ4n) is 6.22. The predicted octanol–water partition coefficient (Wildman–Crippen LogP) is 9.85. The molecule has 0 bridgehead atoms. The van der Waals surface area contributed by atoms with Crippen molar-refractivity contribution in [2.75, 3.05) is 0 Å². The molecule has 7 aromatic carbocycles. The monoisotopic (exact) mass is 661 g/mol. The van der Waals surface area contributed by atoms with Gasteiger partial charge in [0.2, 0.25) is 0 Å². The van der Waals surface area contributed by atoms with Gasteiger partial charge in [-0.1, -0.05) is 188 Å². The molecule has 0 N–H and O–H groups in total. The van der Waals surface area contributed by atoms with E-state index in [4.69, 9.17) is 15.0 Å². The number of hydrogen-bond donors (Lipinski definition) is 0. The van der Waals surface area contributed by atoms with E-state index in [2.05, 4.69) is 60.7 Å². The van der Waals surface area contributed by atoms with Crippen LogP contribution in [0.15, 0.2) is 194 Å². The van der Waals surface area contributed by atoms with E-state index >= 15 is 0 Å². The molecule has 1 aromatic heterocycles. The average molecular weight is 662 g/mol. The largest absolute Gasteiger partial charge is 0.309 e. The second-order valence-electron chi connectivity index (χ2n) is 12.0. The molecule has 50 heavy (non-hydrogen) atoms. The van der Waals surface area contributed by atoms with Gasteiger partial charge in [-0.25, -0.2) is 15.0 Å². The van der Waals surface area contributed by atoms with Gasteiger partial charge in [-0.05, 0) is 28.3 Å². The highest BCUT2D eigenvalue weighted by Crippen LogP contribution is 2.42. The number of hydrogen-bond acceptors (Lipinski definition) is 4. The van der Waals surface area contributed by atoms with E-state index in [1.165, 1.54) is 0 Å². The van der Waals surface area contributed by atoms with Crippen molar-refractivity contribution in [3.63, 3.8) is 0 Å². The van der Waals surface area contributed by atoms with E-state index < -0.39 is 7.14 Å². The minimum absolute atomic E-state index is 0.595. The number of rotatable bonds is 8. The van der Waals surface area contributed by atoms with Crippen LogP contribution in [0.3, 0.4) is 0 Å². The second kappa shape index (κ2) is 13.7. The van der Waals surface area contributed by atoms with E-state index in [-0.39, 0.29) is 0 Å². The second-order valence-corrected chi connectivity index (χ2v) is 14.8. The maximum absolute atomic E-state index is 14.9. The molecule has 0 saturated heterocycles. The summed E-state index contributed by atoms with van der Waals surface area (Å²) in [5, 5.41) is 2.42. The van der Waals surface area contributed by atoms with Gasteiger partial charge in [0.05, 0.1) is 0 Å². The number of aromatic nitrogens is 3. The first-order valence-electron chi connectivity index (χ1n) is 16.6. The summed E-state index contributed by atoms with van der Waals surface area (Å²) in [6, 6.07) is 64.5. The van der Waals surface area contributed by atoms with Crippen molar-refractivity contribution in [3.05, 3.63) is 194 Å². The molecule has 5 heteroatoms. The maximum atomic E-state index is 14.9. The summed E-state index contributed by atoms with van der Waals surface area (Å²) >= 11 is 0. The average Bonchev–Trinajstić information content (AvgIpc) is 3.22. The molecular weight excluding hydrogens is 629 g/mol. The zero-order valence-electron chi connectivity index (χ0n) is 27.2. The standard InChI is InChI=1S/C45H32N3OP/c49-50(40-20-9-3-10-21-40,41-22-11-4-12-23-41)42-30-28-35(29-31-42)38-18-13-19-39(32-38)45-47-43(36-16-7-2-8-17-36)46-44(48-45)37-26-24-34(25-27-37)33-14-5-1-6-15-33/h1-32H. The Kier molecular flexibility index (Phi) is 8.53. The summed E-state index contributed by atoms with van der Waals surface area (Å²) in [6.07, 6.45) is 0. The van der Waals surface area contributed by atoms with Gasteiger partial charge < -0.3 is 4.57 Å². The molecule has 0 amide bonds. The first-order chi connectivity index (χ1) is 24.6. The molecule has 4 nitrogen and oxygen atoms in total. The lowest BCUT2D eigenvalue weighted by Gasteiger charge is -2.20. The van der Waals surface area contributed by atoms with E-state index in [1.54, 1.807) is 0 Å². The molecule has 0 radical (unpaired) electrons. The first-order valence-corrected chi connectivity index (χ1v) is 18.3. The molecule has 0 aliphatic rings. The van der Waals surface area contributed by atoms with Crippen molar-refractivity contribution in [2.24, 2.45) is 0 Å². The fourth-order valence-corrected chi connectivity index (χ4v) is 8.86. The molecule has 8 aromatic rings. The third-order valence-corrected chi connectivity index (χ3v) is 11.9. The Hall–Kier alpha value is -6.22. The van der Waals surface area contributed by atoms with Gasteiger partial charge in [0.15, 0.2) is 24.6 Å². The summed E-state index contributed by atoms with van der Waals surface area (Å²) in [5.74, 6) is 1.82. The van der Waals surface area contributed by atoms with Crippen LogP contribution in [0.2, 0.25) is 0 Å². The third kappa shape index (κ3) is 6.21. The molecule has 0 fully saturated rings. The van der Waals surface area contributed by atoms with Crippen molar-refractivity contribution < 1.29 is 4.57 Å². The Morgan fingerprint density at radius 3 is 1.14 bits per heavy atom. The number of nitrogens with zero attached hydrogens (tertiary/aromatic N) is 3. The molecule has 238 valence electrons. The van der Waals surface area contributed by atoms with Crippen LogP contribution in [-0.2, 0) is 4.57 Å². The summed E-state index contributed by atoms with van der Waals surface area (Å²) in [7, 11) is -3.06. The van der Waals surface area contributed by atoms with Crippen molar-refractivity contribution in [1.29, 1.82) is 0 Å². The summed E-state index contributed by atoms with van der Waals surface area (Å²) in [5.41, 5.74) is 7.04. The van der Waals surface area contributed by atoms with Crippen LogP contribution < -0.4 is 15.9 Å². The Labute approximate surface area is 292 Å². The highest BCUT2D eigenvalue weighted by Gasteiger charge is 2.29. The van der Waals surface area contributed by atoms with Crippen LogP contribution in [0.1, 0.15) is 0 Å². The van der Waals surface area contributed by atoms with Gasteiger partial charge in [-0.2, -0.15) is 0 Å². The van der Waals surface area contributed by atoms with E-state index in [9.17, 15) is 4.57 Å². The van der Waals surface area contributed by atoms with Gasteiger partial charge in [-0.3, -0.25) is 0 Å². The van der Waals surface area contributed by atoms with Crippen molar-refractivity contribution in [1.82, 2.24) is 15.0 Å². The quantitative estimate of drug-likeness (QED) is 0.152. The lowest BCUT2D eigenvalue weighted by atomic mass is 10.0. The molecular formula is C45H32N3OP. The summed E-state index contributed by atoms with van der Waals surface area (Å²) < 4.78 is 14.9. The summed E-state index contributed by atoms with van der Waals surface area (Å²) in [4.78, 5) is 14.9. The van der Waals surface area contributed by atoms with Crippen LogP contribution in [0, 0.1) is 0 Å². The Morgan fingerprint density at radius 2 is 0.600 bits per heavy atom. The van der Waals surface area contributed by atoms with E-state index in [0.717, 1.165) is 54.9 Å². The molecule has 1 heterocycles. The van der Waals surface area contributed by atoms with Crippen LogP contribution in [0.5, 0.6) is 0 Å². The Balaban J connectivity index is 1.17. The molecule has 0 saturated carbocycles. The zero-order valence-corrected chi connectivity index (χ0v) is 28.1. The Morgan fingerprint density at radius 1 is 0.280 bits per heavy atom. The van der Waals surface area contributed by atoms with Gasteiger partial charge in [0, 0.05) is 32.6 Å². The molecule has 8 rings (SSSR count). The highest BCUT2D eigenvalue weighted by molar-refractivity contribution is 7.85. The molecule has 0 aliphatic carbocycles. The van der Waals surface area contributed by atoms with E-state index in [0.29, 0.717) is 17.5 Å². The zero-order chi connectivity index (χ0) is 33.8. The SMILES string of the molecule is O=P(c1ccccc1)(c1ccccc1)c1ccc(-c2cccc(-c3nc(-c4ccccc4)nc(-c4ccc(-c5ccccc5)cc4)n3)c2)cc1. The molecule has 0 aliphatic heterocycles. The van der Waals surface area contributed by atoms with Crippen molar-refractivity contribution >= 4 is 23.1 Å². The third-order valence-electron chi connectivity index (χ3n) is 8.84. The topological polar surface area (TPSA) is 55.7 Å². The predicted molar refractivity (Wildman–Crippen MR) is 206 cm³/mol. The van der Waals surface area contributed by atoms with Crippen LogP contribution >= 0.6 is 7.14 Å². The minimum Gasteiger partial charge on any atom is -0.309 e.